The summed E-state index contributed by atoms with van der Waals surface area (Å²) in [4.78, 5) is 36.3. The Bertz CT molecular complexity index is 747. The van der Waals surface area contributed by atoms with Crippen molar-refractivity contribution in [2.24, 2.45) is 17.4 Å². The van der Waals surface area contributed by atoms with Crippen molar-refractivity contribution in [1.82, 2.24) is 4.90 Å². The number of amides is 1. The molecule has 24 heavy (non-hydrogen) atoms. The minimum absolute atomic E-state index is 0.0737. The lowest BCUT2D eigenvalue weighted by Crippen LogP contribution is -2.65. The van der Waals surface area contributed by atoms with Gasteiger partial charge in [0.25, 0.3) is 0 Å². The Labute approximate surface area is 142 Å². The molecule has 1 amide bonds. The number of Topliss-reactive ketones (excluding diaryl/α,β-unsaturated/α-hetero) is 1. The van der Waals surface area contributed by atoms with E-state index in [9.17, 15) is 19.5 Å². The van der Waals surface area contributed by atoms with Crippen LogP contribution in [0.25, 0.3) is 0 Å². The number of thioether (sulfide) groups is 1. The van der Waals surface area contributed by atoms with Crippen molar-refractivity contribution < 1.29 is 19.5 Å². The van der Waals surface area contributed by atoms with Crippen LogP contribution < -0.4 is 11.5 Å². The third kappa shape index (κ3) is 2.52. The van der Waals surface area contributed by atoms with E-state index in [1.54, 1.807) is 31.2 Å². The van der Waals surface area contributed by atoms with E-state index in [1.165, 1.54) is 11.1 Å². The Balaban J connectivity index is 1.85. The Kier molecular flexibility index (Phi) is 3.98. The number of carbonyl (C=O) groups excluding carboxylic acids is 2. The van der Waals surface area contributed by atoms with Crippen LogP contribution in [-0.4, -0.2) is 37.9 Å². The fourth-order valence-corrected chi connectivity index (χ4v) is 4.31. The van der Waals surface area contributed by atoms with E-state index in [2.05, 4.69) is 0 Å². The summed E-state index contributed by atoms with van der Waals surface area (Å²) in [5.74, 6) is -2.93. The van der Waals surface area contributed by atoms with Gasteiger partial charge in [0.05, 0.1) is 16.5 Å². The molecule has 0 aliphatic carbocycles. The molecule has 0 radical (unpaired) electrons. The number of hydrogen-bond donors (Lipinski definition) is 3. The molecule has 3 rings (SSSR count). The van der Waals surface area contributed by atoms with Crippen molar-refractivity contribution in [3.05, 3.63) is 47.7 Å². The molecule has 5 N–H and O–H groups in total. The molecule has 2 heterocycles. The summed E-state index contributed by atoms with van der Waals surface area (Å²) in [6.07, 6.45) is 1.23. The van der Waals surface area contributed by atoms with Crippen molar-refractivity contribution >= 4 is 29.4 Å². The maximum atomic E-state index is 12.7. The van der Waals surface area contributed by atoms with Gasteiger partial charge in [0.2, 0.25) is 5.91 Å². The standard InChI is InChI=1S/C16H17N3O4S/c1-16(18)9(15(22)23)7-19-13(21)10(14(19)24-16)12(20)11(17)8-5-3-2-4-6-8/h2-7,10-11,14H,17-18H2,1H3,(H,22,23)/t10?,11?,14-,16?/m1/s1. The summed E-state index contributed by atoms with van der Waals surface area (Å²) in [6, 6.07) is 7.90. The van der Waals surface area contributed by atoms with Crippen LogP contribution >= 0.6 is 11.8 Å². The number of rotatable bonds is 4. The summed E-state index contributed by atoms with van der Waals surface area (Å²) >= 11 is 1.09. The zero-order chi connectivity index (χ0) is 17.6. The lowest BCUT2D eigenvalue weighted by atomic mass is 9.86. The van der Waals surface area contributed by atoms with Gasteiger partial charge in [-0.25, -0.2) is 4.79 Å². The molecule has 1 saturated heterocycles. The van der Waals surface area contributed by atoms with E-state index in [4.69, 9.17) is 11.5 Å². The third-order valence-corrected chi connectivity index (χ3v) is 5.70. The number of nitrogens with two attached hydrogens (primary N) is 2. The Hall–Kier alpha value is -2.16. The zero-order valence-corrected chi connectivity index (χ0v) is 13.7. The van der Waals surface area contributed by atoms with E-state index in [0.717, 1.165) is 11.8 Å². The van der Waals surface area contributed by atoms with E-state index >= 15 is 0 Å². The lowest BCUT2D eigenvalue weighted by molar-refractivity contribution is -0.152. The average Bonchev–Trinajstić information content (AvgIpc) is 2.53. The number of carboxylic acid groups (broad SMARTS) is 1. The second-order valence-corrected chi connectivity index (χ2v) is 7.54. The van der Waals surface area contributed by atoms with Gasteiger partial charge in [-0.05, 0) is 12.5 Å². The van der Waals surface area contributed by atoms with Gasteiger partial charge in [0, 0.05) is 6.20 Å². The summed E-state index contributed by atoms with van der Waals surface area (Å²) in [6.45, 7) is 1.55. The fourth-order valence-electron chi connectivity index (χ4n) is 2.88. The van der Waals surface area contributed by atoms with Gasteiger partial charge in [-0.3, -0.25) is 9.59 Å². The number of nitrogens with zero attached hydrogens (tertiary/aromatic N) is 1. The molecule has 2 aliphatic heterocycles. The molecule has 0 spiro atoms. The van der Waals surface area contributed by atoms with E-state index in [1.807, 2.05) is 6.07 Å². The Morgan fingerprint density at radius 1 is 1.33 bits per heavy atom. The van der Waals surface area contributed by atoms with E-state index in [-0.39, 0.29) is 11.4 Å². The number of ketones is 1. The molecular weight excluding hydrogens is 330 g/mol. The number of β-lactam (4-membered cyclic amide) rings is 1. The number of hydrogen-bond acceptors (Lipinski definition) is 6. The van der Waals surface area contributed by atoms with Crippen molar-refractivity contribution in [3.8, 4) is 0 Å². The highest BCUT2D eigenvalue weighted by Crippen LogP contribution is 2.48. The van der Waals surface area contributed by atoms with Crippen LogP contribution in [0.2, 0.25) is 0 Å². The molecule has 3 unspecified atom stereocenters. The number of carbonyl (C=O) groups is 3. The fraction of sp³-hybridized carbons (Fsp3) is 0.312. The topological polar surface area (TPSA) is 127 Å². The third-order valence-electron chi connectivity index (χ3n) is 4.25. The molecule has 126 valence electrons. The first-order chi connectivity index (χ1) is 11.2. The van der Waals surface area contributed by atoms with Crippen LogP contribution in [0.15, 0.2) is 42.1 Å². The predicted octanol–water partition coefficient (Wildman–Crippen LogP) is 0.430. The van der Waals surface area contributed by atoms with Gasteiger partial charge in [-0.1, -0.05) is 30.3 Å². The van der Waals surface area contributed by atoms with Crippen LogP contribution in [0.5, 0.6) is 0 Å². The first kappa shape index (κ1) is 16.7. The second kappa shape index (κ2) is 5.73. The largest absolute Gasteiger partial charge is 0.478 e. The highest BCUT2D eigenvalue weighted by atomic mass is 32.2. The van der Waals surface area contributed by atoms with Gasteiger partial charge in [0.1, 0.15) is 11.3 Å². The van der Waals surface area contributed by atoms with E-state index < -0.39 is 34.1 Å². The number of carboxylic acids is 1. The van der Waals surface area contributed by atoms with Crippen molar-refractivity contribution in [3.63, 3.8) is 0 Å². The number of fused-ring (bicyclic) bond motifs is 1. The molecule has 1 aromatic rings. The van der Waals surface area contributed by atoms with Gasteiger partial charge in [-0.2, -0.15) is 0 Å². The van der Waals surface area contributed by atoms with E-state index in [0.29, 0.717) is 5.56 Å². The average molecular weight is 347 g/mol. The zero-order valence-electron chi connectivity index (χ0n) is 12.9. The minimum atomic E-state index is -1.19. The molecule has 1 fully saturated rings. The quantitative estimate of drug-likeness (QED) is 0.532. The molecular formula is C16H17N3O4S. The number of benzene rings is 1. The molecule has 4 atom stereocenters. The highest BCUT2D eigenvalue weighted by Gasteiger charge is 2.57. The second-order valence-electron chi connectivity index (χ2n) is 5.98. The van der Waals surface area contributed by atoms with Gasteiger partial charge in [0.15, 0.2) is 5.78 Å². The van der Waals surface area contributed by atoms with Crippen LogP contribution in [-0.2, 0) is 14.4 Å². The minimum Gasteiger partial charge on any atom is -0.478 e. The van der Waals surface area contributed by atoms with Crippen LogP contribution in [0.4, 0.5) is 0 Å². The summed E-state index contributed by atoms with van der Waals surface area (Å²) in [5.41, 5.74) is 12.6. The van der Waals surface area contributed by atoms with Crippen LogP contribution in [0.3, 0.4) is 0 Å². The maximum Gasteiger partial charge on any atom is 0.335 e. The summed E-state index contributed by atoms with van der Waals surface area (Å²) < 4.78 is 0. The van der Waals surface area contributed by atoms with Gasteiger partial charge >= 0.3 is 5.97 Å². The monoisotopic (exact) mass is 347 g/mol. The maximum absolute atomic E-state index is 12.7. The highest BCUT2D eigenvalue weighted by molar-refractivity contribution is 8.01. The molecule has 0 saturated carbocycles. The smallest absolute Gasteiger partial charge is 0.335 e. The molecule has 7 nitrogen and oxygen atoms in total. The summed E-state index contributed by atoms with van der Waals surface area (Å²) in [5, 5.41) is 8.68. The molecule has 0 bridgehead atoms. The van der Waals surface area contributed by atoms with Crippen LogP contribution in [0.1, 0.15) is 18.5 Å². The van der Waals surface area contributed by atoms with Crippen molar-refractivity contribution in [2.75, 3.05) is 0 Å². The molecule has 8 heteroatoms. The van der Waals surface area contributed by atoms with Gasteiger partial charge in [-0.15, -0.1) is 11.8 Å². The first-order valence-electron chi connectivity index (χ1n) is 7.33. The normalized spacial score (nSPS) is 30.0. The number of aliphatic carboxylic acids is 1. The Morgan fingerprint density at radius 3 is 2.54 bits per heavy atom. The van der Waals surface area contributed by atoms with Crippen molar-refractivity contribution in [1.29, 1.82) is 0 Å². The van der Waals surface area contributed by atoms with Crippen LogP contribution in [0, 0.1) is 5.92 Å². The SMILES string of the molecule is CC1(N)S[C@@H]2C(C(=O)C(N)c3ccccc3)C(=O)N2C=C1C(=O)O. The lowest BCUT2D eigenvalue weighted by Gasteiger charge is -2.50. The Morgan fingerprint density at radius 2 is 1.96 bits per heavy atom. The molecule has 0 aromatic heterocycles. The summed E-state index contributed by atoms with van der Waals surface area (Å²) in [7, 11) is 0. The predicted molar refractivity (Wildman–Crippen MR) is 88.4 cm³/mol. The van der Waals surface area contributed by atoms with Gasteiger partial charge < -0.3 is 21.5 Å². The first-order valence-corrected chi connectivity index (χ1v) is 8.20. The molecule has 2 aliphatic rings. The molecule has 1 aromatic carbocycles. The van der Waals surface area contributed by atoms with Crippen molar-refractivity contribution in [2.45, 2.75) is 23.2 Å².